The topological polar surface area (TPSA) is 56.0 Å². The molecule has 2 aromatic heterocycles. The van der Waals surface area contributed by atoms with Gasteiger partial charge in [-0.25, -0.2) is 19.9 Å². The number of aromatic nitrogens is 4. The minimum Gasteiger partial charge on any atom is -0.301 e. The molecule has 5 nitrogen and oxygen atoms in total. The van der Waals surface area contributed by atoms with Crippen LogP contribution < -0.4 is 0 Å². The van der Waals surface area contributed by atoms with E-state index in [-0.39, 0.29) is 0 Å². The van der Waals surface area contributed by atoms with Gasteiger partial charge in [0, 0.05) is 40.4 Å². The van der Waals surface area contributed by atoms with Crippen molar-refractivity contribution in [1.82, 2.24) is 19.5 Å². The molecule has 0 saturated carbocycles. The van der Waals surface area contributed by atoms with Gasteiger partial charge in [-0.05, 0) is 44.5 Å². The third kappa shape index (κ3) is 5.27. The lowest BCUT2D eigenvalue weighted by Gasteiger charge is -2.09. The normalized spacial score (nSPS) is 12.0. The van der Waals surface area contributed by atoms with E-state index in [0.717, 1.165) is 39.3 Å². The third-order valence-corrected chi connectivity index (χ3v) is 6.17. The van der Waals surface area contributed by atoms with E-state index < -0.39 is 0 Å². The number of allylic oxidation sites excluding steroid dienone is 3. The lowest BCUT2D eigenvalue weighted by molar-refractivity contribution is 1.04. The summed E-state index contributed by atoms with van der Waals surface area (Å²) in [5.41, 5.74) is 5.96. The van der Waals surface area contributed by atoms with Crippen molar-refractivity contribution in [2.45, 2.75) is 20.8 Å². The number of para-hydroxylation sites is 1. The van der Waals surface area contributed by atoms with Crippen LogP contribution in [0.15, 0.2) is 114 Å². The smallest absolute Gasteiger partial charge is 0.164 e. The number of aliphatic imine (C=N–C) groups is 1. The Morgan fingerprint density at radius 2 is 1.29 bits per heavy atom. The van der Waals surface area contributed by atoms with Crippen molar-refractivity contribution < 1.29 is 0 Å². The Hall–Kier alpha value is -4.90. The van der Waals surface area contributed by atoms with Gasteiger partial charge in [0.15, 0.2) is 17.5 Å². The Labute approximate surface area is 223 Å². The maximum atomic E-state index is 4.92. The Morgan fingerprint density at radius 1 is 0.737 bits per heavy atom. The molecule has 0 atom stereocenters. The summed E-state index contributed by atoms with van der Waals surface area (Å²) in [4.78, 5) is 19.4. The zero-order valence-corrected chi connectivity index (χ0v) is 21.8. The summed E-state index contributed by atoms with van der Waals surface area (Å²) in [5, 5.41) is 0. The van der Waals surface area contributed by atoms with Gasteiger partial charge in [-0.15, -0.1) is 0 Å². The molecule has 2 heterocycles. The summed E-state index contributed by atoms with van der Waals surface area (Å²) in [6.45, 7) is 6.03. The Kier molecular flexibility index (Phi) is 7.46. The number of hydrogen-bond acceptors (Lipinski definition) is 4. The van der Waals surface area contributed by atoms with Crippen LogP contribution in [0.1, 0.15) is 30.8 Å². The van der Waals surface area contributed by atoms with E-state index in [0.29, 0.717) is 17.5 Å². The largest absolute Gasteiger partial charge is 0.301 e. The van der Waals surface area contributed by atoms with Crippen molar-refractivity contribution in [2.24, 2.45) is 4.99 Å². The maximum Gasteiger partial charge on any atom is 0.164 e. The van der Waals surface area contributed by atoms with Crippen LogP contribution in [-0.2, 0) is 0 Å². The van der Waals surface area contributed by atoms with Crippen molar-refractivity contribution in [3.63, 3.8) is 0 Å². The number of rotatable bonds is 7. The lowest BCUT2D eigenvalue weighted by atomic mass is 10.1. The van der Waals surface area contributed by atoms with Crippen molar-refractivity contribution >= 4 is 23.7 Å². The fourth-order valence-corrected chi connectivity index (χ4v) is 4.29. The van der Waals surface area contributed by atoms with E-state index in [1.54, 1.807) is 0 Å². The summed E-state index contributed by atoms with van der Waals surface area (Å²) in [5.74, 6) is 2.79. The molecule has 0 fully saturated rings. The molecule has 0 amide bonds. The molecule has 0 aliphatic rings. The molecule has 5 rings (SSSR count). The molecule has 0 aliphatic heterocycles. The van der Waals surface area contributed by atoms with E-state index in [9.17, 15) is 0 Å². The minimum absolute atomic E-state index is 0.614. The van der Waals surface area contributed by atoms with Gasteiger partial charge in [-0.1, -0.05) is 91.0 Å². The molecular formula is C33H29N5. The molecule has 0 spiro atoms. The minimum atomic E-state index is 0.614. The van der Waals surface area contributed by atoms with Gasteiger partial charge in [0.25, 0.3) is 0 Å². The second-order valence-electron chi connectivity index (χ2n) is 8.76. The van der Waals surface area contributed by atoms with E-state index in [4.69, 9.17) is 15.0 Å². The summed E-state index contributed by atoms with van der Waals surface area (Å²) >= 11 is 0. The highest BCUT2D eigenvalue weighted by Gasteiger charge is 2.15. The predicted octanol–water partition coefficient (Wildman–Crippen LogP) is 8.14. The van der Waals surface area contributed by atoms with E-state index in [1.807, 2.05) is 111 Å². The molecule has 5 aromatic rings. The fraction of sp³-hybridized carbons (Fsp3) is 0.0909. The quantitative estimate of drug-likeness (QED) is 0.169. The molecule has 0 aliphatic carbocycles. The van der Waals surface area contributed by atoms with Gasteiger partial charge >= 0.3 is 0 Å². The van der Waals surface area contributed by atoms with Gasteiger partial charge < -0.3 is 4.57 Å². The highest BCUT2D eigenvalue weighted by atomic mass is 15.1. The summed E-state index contributed by atoms with van der Waals surface area (Å²) < 4.78 is 2.12. The predicted molar refractivity (Wildman–Crippen MR) is 158 cm³/mol. The Bertz CT molecular complexity index is 1560. The highest BCUT2D eigenvalue weighted by molar-refractivity contribution is 5.87. The first-order valence-electron chi connectivity index (χ1n) is 12.7. The lowest BCUT2D eigenvalue weighted by Crippen LogP contribution is -2.02. The second kappa shape index (κ2) is 11.4. The van der Waals surface area contributed by atoms with Crippen LogP contribution in [0.4, 0.5) is 5.82 Å². The first kappa shape index (κ1) is 24.8. The van der Waals surface area contributed by atoms with Crippen LogP contribution in [-0.4, -0.2) is 25.7 Å². The average molecular weight is 496 g/mol. The monoisotopic (exact) mass is 495 g/mol. The SMILES string of the molecule is C/C=C\C(=C/c1cn(-c2ccccc2)c(/N=C\C)c1C)c1nc(-c2ccccc2)nc(-c2ccccc2)n1. The van der Waals surface area contributed by atoms with Crippen molar-refractivity contribution in [3.05, 3.63) is 126 Å². The molecule has 3 aromatic carbocycles. The van der Waals surface area contributed by atoms with Crippen LogP contribution in [0.5, 0.6) is 0 Å². The van der Waals surface area contributed by atoms with E-state index in [2.05, 4.69) is 40.9 Å². The van der Waals surface area contributed by atoms with E-state index in [1.165, 1.54) is 0 Å². The first-order chi connectivity index (χ1) is 18.7. The molecule has 0 unspecified atom stereocenters. The van der Waals surface area contributed by atoms with Crippen LogP contribution >= 0.6 is 0 Å². The molecule has 0 radical (unpaired) electrons. The van der Waals surface area contributed by atoms with Crippen molar-refractivity contribution in [3.8, 4) is 28.5 Å². The first-order valence-corrected chi connectivity index (χ1v) is 12.7. The molecule has 38 heavy (non-hydrogen) atoms. The van der Waals surface area contributed by atoms with Crippen LogP contribution in [0.25, 0.3) is 40.1 Å². The Balaban J connectivity index is 1.70. The number of hydrogen-bond donors (Lipinski definition) is 0. The number of nitrogens with zero attached hydrogens (tertiary/aromatic N) is 5. The van der Waals surface area contributed by atoms with Crippen LogP contribution in [0.3, 0.4) is 0 Å². The zero-order valence-electron chi connectivity index (χ0n) is 21.8. The van der Waals surface area contributed by atoms with E-state index >= 15 is 0 Å². The summed E-state index contributed by atoms with van der Waals surface area (Å²) in [7, 11) is 0. The van der Waals surface area contributed by atoms with Gasteiger partial charge in [-0.3, -0.25) is 0 Å². The molecule has 186 valence electrons. The fourth-order valence-electron chi connectivity index (χ4n) is 4.29. The Morgan fingerprint density at radius 3 is 1.82 bits per heavy atom. The maximum absolute atomic E-state index is 4.92. The molecule has 5 heteroatoms. The molecular weight excluding hydrogens is 466 g/mol. The van der Waals surface area contributed by atoms with Gasteiger partial charge in [0.1, 0.15) is 5.82 Å². The second-order valence-corrected chi connectivity index (χ2v) is 8.76. The third-order valence-electron chi connectivity index (χ3n) is 6.17. The van der Waals surface area contributed by atoms with Gasteiger partial charge in [0.05, 0.1) is 0 Å². The molecule has 0 N–H and O–H groups in total. The van der Waals surface area contributed by atoms with Gasteiger partial charge in [-0.2, -0.15) is 0 Å². The summed E-state index contributed by atoms with van der Waals surface area (Å²) in [6, 6.07) is 30.3. The highest BCUT2D eigenvalue weighted by Crippen LogP contribution is 2.32. The van der Waals surface area contributed by atoms with Crippen molar-refractivity contribution in [1.29, 1.82) is 0 Å². The summed E-state index contributed by atoms with van der Waals surface area (Å²) in [6.07, 6.45) is 10.1. The molecule has 0 bridgehead atoms. The number of benzene rings is 3. The van der Waals surface area contributed by atoms with Crippen LogP contribution in [0.2, 0.25) is 0 Å². The van der Waals surface area contributed by atoms with Gasteiger partial charge in [0.2, 0.25) is 0 Å². The average Bonchev–Trinajstić information content (AvgIpc) is 3.28. The van der Waals surface area contributed by atoms with Crippen LogP contribution in [0, 0.1) is 6.92 Å². The molecule has 0 saturated heterocycles. The van der Waals surface area contributed by atoms with Crippen molar-refractivity contribution in [2.75, 3.05) is 0 Å². The zero-order chi connectivity index (χ0) is 26.3. The standard InChI is InChI=1S/C33H29N5/c1-4-15-27(22-28-23-38(29-20-13-8-14-21-29)33(24(28)3)34-5-2)32-36-30(25-16-9-6-10-17-25)35-31(37-32)26-18-11-7-12-19-26/h4-23H,1-3H3/b15-4-,27-22+,34-5-.